The molecule has 0 heterocycles. The number of carbonyl (C=O) groups excluding carboxylic acids is 1. The van der Waals surface area contributed by atoms with Gasteiger partial charge in [-0.05, 0) is 32.8 Å². The van der Waals surface area contributed by atoms with Gasteiger partial charge in [-0.2, -0.15) is 0 Å². The number of nitrogens with one attached hydrogen (secondary N) is 1. The summed E-state index contributed by atoms with van der Waals surface area (Å²) in [6.07, 6.45) is 5.17. The molecular weight excluding hydrogens is 241 g/mol. The lowest BCUT2D eigenvalue weighted by atomic mass is 10.5. The standard InChI is InChI=1S/C11H20NO4P/c1-3-15-17(14,16-4-2)9-5-6-11(13)12-10-7-8-10/h5-6,10H,3-4,7-9H2,1-2H3,(H,12,13)/b6-5+. The van der Waals surface area contributed by atoms with Crippen molar-refractivity contribution in [1.82, 2.24) is 5.32 Å². The second-order valence-electron chi connectivity index (χ2n) is 3.81. The monoisotopic (exact) mass is 261 g/mol. The molecular formula is C11H20NO4P. The molecule has 1 N–H and O–H groups in total. The van der Waals surface area contributed by atoms with Gasteiger partial charge in [0.2, 0.25) is 5.91 Å². The van der Waals surface area contributed by atoms with E-state index in [0.29, 0.717) is 19.3 Å². The fourth-order valence-corrected chi connectivity index (χ4v) is 2.74. The Labute approximate surface area is 102 Å². The van der Waals surface area contributed by atoms with Crippen LogP contribution in [0.4, 0.5) is 0 Å². The smallest absolute Gasteiger partial charge is 0.334 e. The fraction of sp³-hybridized carbons (Fsp3) is 0.727. The van der Waals surface area contributed by atoms with Crippen LogP contribution in [-0.4, -0.2) is 31.3 Å². The minimum Gasteiger partial charge on any atom is -0.350 e. The van der Waals surface area contributed by atoms with E-state index in [4.69, 9.17) is 9.05 Å². The molecule has 0 aromatic heterocycles. The van der Waals surface area contributed by atoms with Crippen molar-refractivity contribution in [2.75, 3.05) is 19.4 Å². The minimum absolute atomic E-state index is 0.132. The Morgan fingerprint density at radius 3 is 2.41 bits per heavy atom. The Morgan fingerprint density at radius 2 is 1.94 bits per heavy atom. The molecule has 6 heteroatoms. The van der Waals surface area contributed by atoms with Crippen LogP contribution in [0.1, 0.15) is 26.7 Å². The van der Waals surface area contributed by atoms with E-state index in [2.05, 4.69) is 5.32 Å². The second kappa shape index (κ2) is 6.94. The molecule has 98 valence electrons. The third-order valence-electron chi connectivity index (χ3n) is 2.17. The van der Waals surface area contributed by atoms with Crippen LogP contribution in [0.15, 0.2) is 12.2 Å². The van der Waals surface area contributed by atoms with Crippen molar-refractivity contribution < 1.29 is 18.4 Å². The third-order valence-corrected chi connectivity index (χ3v) is 4.13. The number of allylic oxidation sites excluding steroid dienone is 1. The highest BCUT2D eigenvalue weighted by Crippen LogP contribution is 2.47. The van der Waals surface area contributed by atoms with Gasteiger partial charge in [-0.25, -0.2) is 0 Å². The molecule has 1 saturated carbocycles. The summed E-state index contributed by atoms with van der Waals surface area (Å²) in [6.45, 7) is 4.18. The average Bonchev–Trinajstić information content (AvgIpc) is 3.02. The third kappa shape index (κ3) is 6.01. The Balaban J connectivity index is 2.36. The summed E-state index contributed by atoms with van der Waals surface area (Å²) in [5, 5.41) is 2.81. The summed E-state index contributed by atoms with van der Waals surface area (Å²) in [7, 11) is -3.06. The van der Waals surface area contributed by atoms with Crippen molar-refractivity contribution in [3.05, 3.63) is 12.2 Å². The van der Waals surface area contributed by atoms with Gasteiger partial charge in [0, 0.05) is 6.04 Å². The maximum absolute atomic E-state index is 12.0. The predicted octanol–water partition coefficient (Wildman–Crippen LogP) is 2.09. The fourth-order valence-electron chi connectivity index (χ4n) is 1.30. The summed E-state index contributed by atoms with van der Waals surface area (Å²) >= 11 is 0. The molecule has 1 aliphatic carbocycles. The van der Waals surface area contributed by atoms with Crippen molar-refractivity contribution >= 4 is 13.5 Å². The molecule has 0 aliphatic heterocycles. The van der Waals surface area contributed by atoms with Crippen LogP contribution in [0.2, 0.25) is 0 Å². The molecule has 0 saturated heterocycles. The molecule has 0 aromatic rings. The first kappa shape index (κ1) is 14.4. The van der Waals surface area contributed by atoms with Crippen molar-refractivity contribution in [3.63, 3.8) is 0 Å². The Morgan fingerprint density at radius 1 is 1.35 bits per heavy atom. The van der Waals surface area contributed by atoms with Crippen molar-refractivity contribution in [3.8, 4) is 0 Å². The lowest BCUT2D eigenvalue weighted by Gasteiger charge is -2.14. The summed E-state index contributed by atoms with van der Waals surface area (Å²) in [4.78, 5) is 11.3. The molecule has 1 amide bonds. The van der Waals surface area contributed by atoms with Gasteiger partial charge in [-0.3, -0.25) is 9.36 Å². The van der Waals surface area contributed by atoms with E-state index in [-0.39, 0.29) is 12.1 Å². The van der Waals surface area contributed by atoms with E-state index in [1.807, 2.05) is 0 Å². The first-order valence-corrected chi connectivity index (χ1v) is 7.67. The zero-order chi connectivity index (χ0) is 12.7. The number of carbonyl (C=O) groups is 1. The van der Waals surface area contributed by atoms with Crippen molar-refractivity contribution in [1.29, 1.82) is 0 Å². The van der Waals surface area contributed by atoms with Crippen LogP contribution in [0.3, 0.4) is 0 Å². The van der Waals surface area contributed by atoms with Crippen LogP contribution >= 0.6 is 7.60 Å². The quantitative estimate of drug-likeness (QED) is 0.536. The maximum Gasteiger partial charge on any atom is 0.334 e. The van der Waals surface area contributed by atoms with Gasteiger partial charge in [0.1, 0.15) is 0 Å². The van der Waals surface area contributed by atoms with E-state index in [1.54, 1.807) is 19.9 Å². The summed E-state index contributed by atoms with van der Waals surface area (Å²) in [6, 6.07) is 0.331. The zero-order valence-electron chi connectivity index (χ0n) is 10.3. The molecule has 17 heavy (non-hydrogen) atoms. The molecule has 1 aliphatic rings. The van der Waals surface area contributed by atoms with Crippen LogP contribution in [0, 0.1) is 0 Å². The first-order chi connectivity index (χ1) is 8.09. The Hall–Kier alpha value is -0.640. The molecule has 0 atom stereocenters. The summed E-state index contributed by atoms with van der Waals surface area (Å²) in [5.41, 5.74) is 0. The van der Waals surface area contributed by atoms with E-state index >= 15 is 0 Å². The van der Waals surface area contributed by atoms with Crippen LogP contribution in [0.5, 0.6) is 0 Å². The number of hydrogen-bond acceptors (Lipinski definition) is 4. The van der Waals surface area contributed by atoms with Gasteiger partial charge in [0.15, 0.2) is 0 Å². The lowest BCUT2D eigenvalue weighted by molar-refractivity contribution is -0.116. The Kier molecular flexibility index (Phi) is 5.89. The molecule has 0 radical (unpaired) electrons. The summed E-state index contributed by atoms with van der Waals surface area (Å²) < 4.78 is 22.2. The van der Waals surface area contributed by atoms with Gasteiger partial charge in [-0.15, -0.1) is 0 Å². The van der Waals surface area contributed by atoms with Gasteiger partial charge in [0.05, 0.1) is 19.4 Å². The van der Waals surface area contributed by atoms with E-state index in [0.717, 1.165) is 12.8 Å². The molecule has 1 rings (SSSR count). The highest BCUT2D eigenvalue weighted by Gasteiger charge is 2.23. The van der Waals surface area contributed by atoms with E-state index < -0.39 is 7.60 Å². The highest BCUT2D eigenvalue weighted by atomic mass is 31.2. The molecule has 0 bridgehead atoms. The second-order valence-corrected chi connectivity index (χ2v) is 5.92. The maximum atomic E-state index is 12.0. The van der Waals surface area contributed by atoms with E-state index in [1.165, 1.54) is 6.08 Å². The van der Waals surface area contributed by atoms with Gasteiger partial charge >= 0.3 is 7.60 Å². The number of hydrogen-bond donors (Lipinski definition) is 1. The van der Waals surface area contributed by atoms with Gasteiger partial charge in [-0.1, -0.05) is 6.08 Å². The highest BCUT2D eigenvalue weighted by molar-refractivity contribution is 7.54. The average molecular weight is 261 g/mol. The van der Waals surface area contributed by atoms with Crippen LogP contribution < -0.4 is 5.32 Å². The molecule has 5 nitrogen and oxygen atoms in total. The largest absolute Gasteiger partial charge is 0.350 e. The minimum atomic E-state index is -3.06. The molecule has 0 spiro atoms. The van der Waals surface area contributed by atoms with Gasteiger partial charge in [0.25, 0.3) is 0 Å². The first-order valence-electron chi connectivity index (χ1n) is 5.95. The molecule has 1 fully saturated rings. The number of rotatable bonds is 8. The number of amides is 1. The normalized spacial score (nSPS) is 16.4. The van der Waals surface area contributed by atoms with Crippen molar-refractivity contribution in [2.24, 2.45) is 0 Å². The topological polar surface area (TPSA) is 64.6 Å². The molecule has 0 aromatic carbocycles. The van der Waals surface area contributed by atoms with Gasteiger partial charge < -0.3 is 14.4 Å². The van der Waals surface area contributed by atoms with Crippen LogP contribution in [0.25, 0.3) is 0 Å². The SMILES string of the molecule is CCOP(=O)(C/C=C/C(=O)NC1CC1)OCC. The zero-order valence-corrected chi connectivity index (χ0v) is 11.2. The Bertz CT molecular complexity index is 315. The predicted molar refractivity (Wildman–Crippen MR) is 66.0 cm³/mol. The van der Waals surface area contributed by atoms with Crippen molar-refractivity contribution in [2.45, 2.75) is 32.7 Å². The van der Waals surface area contributed by atoms with Crippen LogP contribution in [-0.2, 0) is 18.4 Å². The lowest BCUT2D eigenvalue weighted by Crippen LogP contribution is -2.23. The molecule has 0 unspecified atom stereocenters. The van der Waals surface area contributed by atoms with E-state index in [9.17, 15) is 9.36 Å². The summed E-state index contributed by atoms with van der Waals surface area (Å²) in [5.74, 6) is -0.146.